The quantitative estimate of drug-likeness (QED) is 0.323. The van der Waals surface area contributed by atoms with E-state index in [4.69, 9.17) is 21.7 Å². The topological polar surface area (TPSA) is 92.5 Å². The second kappa shape index (κ2) is 2.84. The van der Waals surface area contributed by atoms with Crippen LogP contribution in [0.5, 0.6) is 0 Å². The summed E-state index contributed by atoms with van der Waals surface area (Å²) in [5, 5.41) is 18.2. The van der Waals surface area contributed by atoms with E-state index in [0.717, 1.165) is 0 Å². The molecular formula is C6H14N2O2. The Bertz CT molecular complexity index is 94.3. The first-order valence-electron chi connectivity index (χ1n) is 3.48. The van der Waals surface area contributed by atoms with E-state index in [0.29, 0.717) is 12.8 Å². The number of aliphatic hydroxyl groups is 2. The number of nitrogens with two attached hydrogens (primary N) is 2. The fourth-order valence-electron chi connectivity index (χ4n) is 1.22. The molecule has 0 heterocycles. The van der Waals surface area contributed by atoms with Crippen molar-refractivity contribution in [3.63, 3.8) is 0 Å². The summed E-state index contributed by atoms with van der Waals surface area (Å²) in [7, 11) is 0. The van der Waals surface area contributed by atoms with Crippen molar-refractivity contribution in [1.29, 1.82) is 0 Å². The third-order valence-corrected chi connectivity index (χ3v) is 2.02. The van der Waals surface area contributed by atoms with Gasteiger partial charge in [0.25, 0.3) is 0 Å². The third-order valence-electron chi connectivity index (χ3n) is 2.02. The van der Waals surface area contributed by atoms with Gasteiger partial charge >= 0.3 is 0 Å². The van der Waals surface area contributed by atoms with Crippen molar-refractivity contribution in [1.82, 2.24) is 0 Å². The van der Waals surface area contributed by atoms with Crippen LogP contribution >= 0.6 is 0 Å². The van der Waals surface area contributed by atoms with E-state index in [1.54, 1.807) is 0 Å². The summed E-state index contributed by atoms with van der Waals surface area (Å²) in [6, 6.07) is -0.336. The lowest BCUT2D eigenvalue weighted by Crippen LogP contribution is -2.52. The molecule has 1 aliphatic rings. The molecule has 0 aromatic rings. The van der Waals surface area contributed by atoms with Crippen molar-refractivity contribution in [3.8, 4) is 0 Å². The van der Waals surface area contributed by atoms with Gasteiger partial charge in [0, 0.05) is 12.1 Å². The van der Waals surface area contributed by atoms with Crippen LogP contribution in [0.1, 0.15) is 12.8 Å². The van der Waals surface area contributed by atoms with Crippen molar-refractivity contribution >= 4 is 0 Å². The molecule has 0 amide bonds. The van der Waals surface area contributed by atoms with Crippen LogP contribution in [0.4, 0.5) is 0 Å². The van der Waals surface area contributed by atoms with Crippen LogP contribution in [0.2, 0.25) is 0 Å². The molecule has 0 aromatic heterocycles. The molecule has 1 fully saturated rings. The standard InChI is InChI=1S/C6H14N2O2/c7-3-1-5(9)6(10)2-4(3)8/h3-6,9-10H,1-2,7-8H2/t3-,4+,5-,6-/m0/s1. The molecule has 4 nitrogen and oxygen atoms in total. The largest absolute Gasteiger partial charge is 0.390 e. The Morgan fingerprint density at radius 3 is 1.50 bits per heavy atom. The maximum Gasteiger partial charge on any atom is 0.0815 e. The first-order valence-corrected chi connectivity index (χ1v) is 3.48. The average molecular weight is 146 g/mol. The Hall–Kier alpha value is -0.160. The number of hydrogen-bond acceptors (Lipinski definition) is 4. The highest BCUT2D eigenvalue weighted by atomic mass is 16.3. The van der Waals surface area contributed by atoms with Gasteiger partial charge in [0.1, 0.15) is 0 Å². The lowest BCUT2D eigenvalue weighted by molar-refractivity contribution is -0.0198. The van der Waals surface area contributed by atoms with Gasteiger partial charge in [-0.05, 0) is 12.8 Å². The summed E-state index contributed by atoms with van der Waals surface area (Å²) >= 11 is 0. The summed E-state index contributed by atoms with van der Waals surface area (Å²) in [4.78, 5) is 0. The van der Waals surface area contributed by atoms with E-state index >= 15 is 0 Å². The van der Waals surface area contributed by atoms with Gasteiger partial charge in [0.15, 0.2) is 0 Å². The summed E-state index contributed by atoms with van der Waals surface area (Å²) in [5.41, 5.74) is 11.1. The Morgan fingerprint density at radius 2 is 1.20 bits per heavy atom. The monoisotopic (exact) mass is 146 g/mol. The molecule has 0 aromatic carbocycles. The zero-order chi connectivity index (χ0) is 7.72. The van der Waals surface area contributed by atoms with Crippen molar-refractivity contribution in [2.75, 3.05) is 0 Å². The van der Waals surface area contributed by atoms with Gasteiger partial charge < -0.3 is 21.7 Å². The average Bonchev–Trinajstić information content (AvgIpc) is 1.84. The van der Waals surface area contributed by atoms with Crippen LogP contribution in [0.15, 0.2) is 0 Å². The number of hydrogen-bond donors (Lipinski definition) is 4. The fourth-order valence-corrected chi connectivity index (χ4v) is 1.22. The molecule has 4 atom stereocenters. The van der Waals surface area contributed by atoms with Gasteiger partial charge in [-0.25, -0.2) is 0 Å². The molecule has 0 aliphatic heterocycles. The zero-order valence-corrected chi connectivity index (χ0v) is 5.77. The molecule has 1 saturated carbocycles. The molecule has 1 rings (SSSR count). The van der Waals surface area contributed by atoms with Gasteiger partial charge in [0.2, 0.25) is 0 Å². The minimum absolute atomic E-state index is 0.168. The highest BCUT2D eigenvalue weighted by Gasteiger charge is 2.30. The Morgan fingerprint density at radius 1 is 0.900 bits per heavy atom. The Balaban J connectivity index is 2.46. The highest BCUT2D eigenvalue weighted by Crippen LogP contribution is 2.16. The van der Waals surface area contributed by atoms with Gasteiger partial charge in [-0.15, -0.1) is 0 Å². The molecule has 0 spiro atoms. The molecule has 10 heavy (non-hydrogen) atoms. The van der Waals surface area contributed by atoms with Crippen LogP contribution in [0, 0.1) is 0 Å². The molecular weight excluding hydrogens is 132 g/mol. The molecule has 1 aliphatic carbocycles. The summed E-state index contributed by atoms with van der Waals surface area (Å²) in [6.07, 6.45) is -0.561. The number of aliphatic hydroxyl groups excluding tert-OH is 2. The zero-order valence-electron chi connectivity index (χ0n) is 5.77. The summed E-state index contributed by atoms with van der Waals surface area (Å²) < 4.78 is 0. The van der Waals surface area contributed by atoms with Crippen molar-refractivity contribution in [3.05, 3.63) is 0 Å². The van der Waals surface area contributed by atoms with Gasteiger partial charge in [0.05, 0.1) is 12.2 Å². The maximum absolute atomic E-state index is 9.08. The predicted molar refractivity (Wildman–Crippen MR) is 37.2 cm³/mol. The summed E-state index contributed by atoms with van der Waals surface area (Å²) in [5.74, 6) is 0. The maximum atomic E-state index is 9.08. The smallest absolute Gasteiger partial charge is 0.0815 e. The normalized spacial score (nSPS) is 49.2. The van der Waals surface area contributed by atoms with Crippen LogP contribution in [-0.4, -0.2) is 34.5 Å². The summed E-state index contributed by atoms with van der Waals surface area (Å²) in [6.45, 7) is 0. The first-order chi connectivity index (χ1) is 4.61. The van der Waals surface area contributed by atoms with E-state index in [1.807, 2.05) is 0 Å². The van der Waals surface area contributed by atoms with E-state index < -0.39 is 12.2 Å². The van der Waals surface area contributed by atoms with Gasteiger partial charge in [-0.3, -0.25) is 0 Å². The lowest BCUT2D eigenvalue weighted by atomic mass is 9.87. The van der Waals surface area contributed by atoms with Crippen molar-refractivity contribution in [2.24, 2.45) is 11.5 Å². The minimum Gasteiger partial charge on any atom is -0.390 e. The fraction of sp³-hybridized carbons (Fsp3) is 1.00. The molecule has 6 N–H and O–H groups in total. The SMILES string of the molecule is N[C@@H]1C[C@H](O)[C@@H](O)C[C@@H]1N. The van der Waals surface area contributed by atoms with E-state index in [-0.39, 0.29) is 12.1 Å². The lowest BCUT2D eigenvalue weighted by Gasteiger charge is -2.32. The van der Waals surface area contributed by atoms with Gasteiger partial charge in [-0.1, -0.05) is 0 Å². The minimum atomic E-state index is -0.685. The second-order valence-corrected chi connectivity index (χ2v) is 2.93. The van der Waals surface area contributed by atoms with Crippen LogP contribution in [-0.2, 0) is 0 Å². The predicted octanol–water partition coefficient (Wildman–Crippen LogP) is -1.84. The van der Waals surface area contributed by atoms with Crippen molar-refractivity contribution in [2.45, 2.75) is 37.1 Å². The van der Waals surface area contributed by atoms with Crippen LogP contribution in [0.25, 0.3) is 0 Å². The molecule has 4 heteroatoms. The molecule has 0 bridgehead atoms. The Labute approximate surface area is 59.8 Å². The van der Waals surface area contributed by atoms with E-state index in [1.165, 1.54) is 0 Å². The number of rotatable bonds is 0. The van der Waals surface area contributed by atoms with E-state index in [9.17, 15) is 0 Å². The molecule has 0 radical (unpaired) electrons. The highest BCUT2D eigenvalue weighted by molar-refractivity contribution is 4.89. The van der Waals surface area contributed by atoms with Crippen molar-refractivity contribution < 1.29 is 10.2 Å². The second-order valence-electron chi connectivity index (χ2n) is 2.93. The molecule has 60 valence electrons. The molecule has 0 unspecified atom stereocenters. The van der Waals surface area contributed by atoms with Crippen LogP contribution in [0.3, 0.4) is 0 Å². The molecule has 0 saturated heterocycles. The first kappa shape index (κ1) is 7.94. The van der Waals surface area contributed by atoms with Crippen LogP contribution < -0.4 is 11.5 Å². The van der Waals surface area contributed by atoms with E-state index in [2.05, 4.69) is 0 Å². The van der Waals surface area contributed by atoms with Gasteiger partial charge in [-0.2, -0.15) is 0 Å². The third kappa shape index (κ3) is 1.46. The Kier molecular flexibility index (Phi) is 2.25.